The number of aromatic nitrogens is 2. The zero-order valence-corrected chi connectivity index (χ0v) is 20.2. The highest BCUT2D eigenvalue weighted by Gasteiger charge is 2.06. The molecule has 0 aliphatic rings. The van der Waals surface area contributed by atoms with Crippen LogP contribution in [0.4, 0.5) is 0 Å². The molecule has 2 aromatic rings. The smallest absolute Gasteiger partial charge is 0.248 e. The van der Waals surface area contributed by atoms with Gasteiger partial charge in [0.25, 0.3) is 0 Å². The second kappa shape index (κ2) is 12.9. The van der Waals surface area contributed by atoms with Crippen molar-refractivity contribution in [2.75, 3.05) is 0 Å². The Kier molecular flexibility index (Phi) is 10.2. The summed E-state index contributed by atoms with van der Waals surface area (Å²) >= 11 is 0. The second-order valence-electron chi connectivity index (χ2n) is 8.80. The highest BCUT2D eigenvalue weighted by molar-refractivity contribution is 5.54. The molecular formula is C28H38N2O. The van der Waals surface area contributed by atoms with Crippen LogP contribution in [0.5, 0.6) is 0 Å². The number of hydrogen-bond acceptors (Lipinski definition) is 3. The molecule has 0 amide bonds. The van der Waals surface area contributed by atoms with Crippen molar-refractivity contribution in [3.63, 3.8) is 0 Å². The molecule has 1 aromatic heterocycles. The number of benzene rings is 1. The van der Waals surface area contributed by atoms with Gasteiger partial charge in [-0.05, 0) is 92.2 Å². The van der Waals surface area contributed by atoms with Crippen LogP contribution in [-0.2, 0) is 0 Å². The van der Waals surface area contributed by atoms with Gasteiger partial charge >= 0.3 is 0 Å². The quantitative estimate of drug-likeness (QED) is 0.343. The topological polar surface area (TPSA) is 38.9 Å². The van der Waals surface area contributed by atoms with E-state index >= 15 is 0 Å². The maximum Gasteiger partial charge on any atom is 0.248 e. The fraction of sp³-hybridized carbons (Fsp3) is 0.429. The minimum atomic E-state index is 0.569. The van der Waals surface area contributed by atoms with Gasteiger partial charge in [-0.3, -0.25) is 0 Å². The fourth-order valence-corrected chi connectivity index (χ4v) is 3.27. The Balaban J connectivity index is 1.77. The normalized spacial score (nSPS) is 12.9. The van der Waals surface area contributed by atoms with Crippen LogP contribution in [0.25, 0.3) is 17.5 Å². The summed E-state index contributed by atoms with van der Waals surface area (Å²) in [5, 5.41) is 8.34. The Hall–Kier alpha value is -2.68. The third-order valence-corrected chi connectivity index (χ3v) is 5.26. The van der Waals surface area contributed by atoms with Gasteiger partial charge in [-0.15, -0.1) is 10.2 Å². The average Bonchev–Trinajstić information content (AvgIpc) is 3.16. The molecule has 0 aliphatic heterocycles. The summed E-state index contributed by atoms with van der Waals surface area (Å²) in [5.74, 6) is 1.14. The summed E-state index contributed by atoms with van der Waals surface area (Å²) in [5.41, 5.74) is 7.78. The van der Waals surface area contributed by atoms with E-state index in [1.54, 1.807) is 0 Å². The van der Waals surface area contributed by atoms with Gasteiger partial charge in [-0.2, -0.15) is 0 Å². The van der Waals surface area contributed by atoms with Gasteiger partial charge in [0.15, 0.2) is 0 Å². The van der Waals surface area contributed by atoms with E-state index in [0.29, 0.717) is 11.8 Å². The van der Waals surface area contributed by atoms with Gasteiger partial charge in [0.2, 0.25) is 11.8 Å². The Bertz CT molecular complexity index is 936. The van der Waals surface area contributed by atoms with E-state index in [-0.39, 0.29) is 0 Å². The molecule has 0 fully saturated rings. The van der Waals surface area contributed by atoms with Crippen molar-refractivity contribution in [2.45, 2.75) is 80.1 Å². The molecule has 0 saturated carbocycles. The maximum atomic E-state index is 5.80. The van der Waals surface area contributed by atoms with Crippen molar-refractivity contribution in [2.24, 2.45) is 0 Å². The standard InChI is InChI=1S/C28H38N2O/c1-21(2)10-7-11-22(3)12-8-13-23(4)14-9-15-25(6)20-27-29-30-28(31-27)26-18-16-24(5)17-19-26/h10,12,14,16-20H,7-9,11,13,15H2,1-6H3. The van der Waals surface area contributed by atoms with Crippen molar-refractivity contribution < 1.29 is 4.42 Å². The van der Waals surface area contributed by atoms with E-state index in [9.17, 15) is 0 Å². The molecule has 0 spiro atoms. The first-order chi connectivity index (χ1) is 14.8. The lowest BCUT2D eigenvalue weighted by Crippen LogP contribution is -1.82. The Morgan fingerprint density at radius 2 is 1.29 bits per heavy atom. The minimum absolute atomic E-state index is 0.569. The van der Waals surface area contributed by atoms with Gasteiger partial charge in [0.05, 0.1) is 0 Å². The van der Waals surface area contributed by atoms with Crippen molar-refractivity contribution in [1.82, 2.24) is 10.2 Å². The minimum Gasteiger partial charge on any atom is -0.417 e. The van der Waals surface area contributed by atoms with E-state index in [1.165, 1.54) is 34.3 Å². The molecule has 0 unspecified atom stereocenters. The largest absolute Gasteiger partial charge is 0.417 e. The van der Waals surface area contributed by atoms with Crippen LogP contribution in [-0.4, -0.2) is 10.2 Å². The van der Waals surface area contributed by atoms with Crippen LogP contribution in [0.3, 0.4) is 0 Å². The van der Waals surface area contributed by atoms with Crippen LogP contribution in [0.15, 0.2) is 69.2 Å². The molecule has 3 nitrogen and oxygen atoms in total. The Labute approximate surface area is 188 Å². The van der Waals surface area contributed by atoms with Crippen molar-refractivity contribution >= 4 is 6.08 Å². The molecule has 1 aromatic carbocycles. The fourth-order valence-electron chi connectivity index (χ4n) is 3.27. The van der Waals surface area contributed by atoms with Crippen molar-refractivity contribution in [3.8, 4) is 11.5 Å². The first-order valence-corrected chi connectivity index (χ1v) is 11.4. The molecule has 0 saturated heterocycles. The molecule has 2 rings (SSSR count). The molecule has 1 heterocycles. The number of aryl methyl sites for hydroxylation is 1. The van der Waals surface area contributed by atoms with Crippen LogP contribution >= 0.6 is 0 Å². The third kappa shape index (κ3) is 9.78. The van der Waals surface area contributed by atoms with E-state index < -0.39 is 0 Å². The van der Waals surface area contributed by atoms with Crippen LogP contribution in [0.1, 0.15) is 84.6 Å². The number of nitrogens with zero attached hydrogens (tertiary/aromatic N) is 2. The van der Waals surface area contributed by atoms with Crippen molar-refractivity contribution in [1.29, 1.82) is 0 Å². The Morgan fingerprint density at radius 1 is 0.742 bits per heavy atom. The zero-order chi connectivity index (χ0) is 22.6. The summed E-state index contributed by atoms with van der Waals surface area (Å²) in [6.45, 7) is 13.0. The summed E-state index contributed by atoms with van der Waals surface area (Å²) in [7, 11) is 0. The lowest BCUT2D eigenvalue weighted by molar-refractivity contribution is 0.557. The molecule has 0 aliphatic carbocycles. The monoisotopic (exact) mass is 418 g/mol. The van der Waals surface area contributed by atoms with Crippen LogP contribution < -0.4 is 0 Å². The molecule has 166 valence electrons. The van der Waals surface area contributed by atoms with Gasteiger partial charge in [0, 0.05) is 11.6 Å². The molecule has 3 heteroatoms. The van der Waals surface area contributed by atoms with E-state index in [2.05, 4.69) is 82.1 Å². The first-order valence-electron chi connectivity index (χ1n) is 11.4. The van der Waals surface area contributed by atoms with Crippen LogP contribution in [0, 0.1) is 6.92 Å². The predicted molar refractivity (Wildman–Crippen MR) is 133 cm³/mol. The van der Waals surface area contributed by atoms with Gasteiger partial charge in [-0.1, -0.05) is 58.2 Å². The highest BCUT2D eigenvalue weighted by atomic mass is 16.4. The number of hydrogen-bond donors (Lipinski definition) is 0. The summed E-state index contributed by atoms with van der Waals surface area (Å²) < 4.78 is 5.80. The summed E-state index contributed by atoms with van der Waals surface area (Å²) in [4.78, 5) is 0. The molecule has 0 atom stereocenters. The maximum absolute atomic E-state index is 5.80. The molecule has 0 radical (unpaired) electrons. The van der Waals surface area contributed by atoms with Gasteiger partial charge in [0.1, 0.15) is 0 Å². The third-order valence-electron chi connectivity index (χ3n) is 5.26. The second-order valence-corrected chi connectivity index (χ2v) is 8.80. The zero-order valence-electron chi connectivity index (χ0n) is 20.2. The average molecular weight is 419 g/mol. The van der Waals surface area contributed by atoms with Crippen molar-refractivity contribution in [3.05, 3.63) is 76.2 Å². The lowest BCUT2D eigenvalue weighted by Gasteiger charge is -2.02. The van der Waals surface area contributed by atoms with Gasteiger partial charge in [-0.25, -0.2) is 0 Å². The van der Waals surface area contributed by atoms with E-state index in [1.807, 2.05) is 18.2 Å². The molecule has 0 N–H and O–H groups in total. The van der Waals surface area contributed by atoms with E-state index in [0.717, 1.165) is 37.7 Å². The summed E-state index contributed by atoms with van der Waals surface area (Å²) in [6, 6.07) is 8.13. The van der Waals surface area contributed by atoms with Gasteiger partial charge < -0.3 is 4.42 Å². The summed E-state index contributed by atoms with van der Waals surface area (Å²) in [6.07, 6.45) is 15.7. The highest BCUT2D eigenvalue weighted by Crippen LogP contribution is 2.20. The molecule has 31 heavy (non-hydrogen) atoms. The molecular weight excluding hydrogens is 380 g/mol. The van der Waals surface area contributed by atoms with E-state index in [4.69, 9.17) is 4.42 Å². The number of rotatable bonds is 11. The number of allylic oxidation sites excluding steroid dienone is 7. The predicted octanol–water partition coefficient (Wildman–Crippen LogP) is 8.65. The van der Waals surface area contributed by atoms with Crippen LogP contribution in [0.2, 0.25) is 0 Å². The molecule has 0 bridgehead atoms. The Morgan fingerprint density at radius 3 is 1.87 bits per heavy atom. The first kappa shape index (κ1) is 24.6. The SMILES string of the molecule is CC(C)=CCCC(C)=CCCC(C)=CCCC(C)=Cc1nnc(-c2ccc(C)cc2)o1. The lowest BCUT2D eigenvalue weighted by atomic mass is 10.0.